The molecule has 0 bridgehead atoms. The number of benzene rings is 1. The summed E-state index contributed by atoms with van der Waals surface area (Å²) in [5, 5.41) is 6.39. The number of likely N-dealkylation sites (tertiary alicyclic amines) is 1. The molecular formula is C14H16N4O. The van der Waals surface area contributed by atoms with Gasteiger partial charge in [-0.3, -0.25) is 9.89 Å². The van der Waals surface area contributed by atoms with E-state index in [4.69, 9.17) is 0 Å². The molecular weight excluding hydrogens is 240 g/mol. The fourth-order valence-electron chi connectivity index (χ4n) is 2.65. The molecule has 1 atom stereocenters. The van der Waals surface area contributed by atoms with Gasteiger partial charge in [0, 0.05) is 12.6 Å². The van der Waals surface area contributed by atoms with Crippen molar-refractivity contribution < 1.29 is 4.79 Å². The standard InChI is InChI=1S/C14H16N4O/c19-14(13-15-10-16-17-13)18-8-4-7-12(18)9-11-5-2-1-3-6-11/h1-3,5-6,10,12H,4,7-9H2,(H,15,16,17). The number of hydrogen-bond acceptors (Lipinski definition) is 3. The highest BCUT2D eigenvalue weighted by Crippen LogP contribution is 2.22. The van der Waals surface area contributed by atoms with Crippen LogP contribution in [-0.4, -0.2) is 38.6 Å². The average Bonchev–Trinajstić information content (AvgIpc) is 3.10. The number of rotatable bonds is 3. The van der Waals surface area contributed by atoms with Crippen molar-refractivity contribution in [3.05, 3.63) is 48.0 Å². The third-order valence-electron chi connectivity index (χ3n) is 3.57. The summed E-state index contributed by atoms with van der Waals surface area (Å²) in [5.41, 5.74) is 1.27. The van der Waals surface area contributed by atoms with Gasteiger partial charge in [-0.25, -0.2) is 4.98 Å². The zero-order valence-corrected chi connectivity index (χ0v) is 10.6. The molecule has 1 aliphatic rings. The van der Waals surface area contributed by atoms with E-state index in [-0.39, 0.29) is 11.9 Å². The molecule has 1 saturated heterocycles. The van der Waals surface area contributed by atoms with Gasteiger partial charge < -0.3 is 4.90 Å². The Labute approximate surface area is 111 Å². The predicted octanol–water partition coefficient (Wildman–Crippen LogP) is 1.65. The summed E-state index contributed by atoms with van der Waals surface area (Å²) in [6, 6.07) is 10.6. The minimum Gasteiger partial charge on any atom is -0.333 e. The average molecular weight is 256 g/mol. The summed E-state index contributed by atoms with van der Waals surface area (Å²) in [7, 11) is 0. The van der Waals surface area contributed by atoms with Crippen LogP contribution in [-0.2, 0) is 6.42 Å². The third kappa shape index (κ3) is 2.50. The van der Waals surface area contributed by atoms with Crippen molar-refractivity contribution in [3.8, 4) is 0 Å². The molecule has 1 fully saturated rings. The zero-order chi connectivity index (χ0) is 13.1. The molecule has 19 heavy (non-hydrogen) atoms. The molecule has 5 nitrogen and oxygen atoms in total. The Morgan fingerprint density at radius 3 is 2.95 bits per heavy atom. The molecule has 1 aromatic carbocycles. The molecule has 1 aromatic heterocycles. The molecule has 3 rings (SSSR count). The van der Waals surface area contributed by atoms with Crippen LogP contribution < -0.4 is 0 Å². The minimum atomic E-state index is -0.0454. The van der Waals surface area contributed by atoms with Gasteiger partial charge in [-0.1, -0.05) is 30.3 Å². The van der Waals surface area contributed by atoms with Crippen LogP contribution in [0.25, 0.3) is 0 Å². The van der Waals surface area contributed by atoms with Crippen molar-refractivity contribution in [3.63, 3.8) is 0 Å². The monoisotopic (exact) mass is 256 g/mol. The Morgan fingerprint density at radius 1 is 1.37 bits per heavy atom. The normalized spacial score (nSPS) is 18.7. The number of carbonyl (C=O) groups is 1. The smallest absolute Gasteiger partial charge is 0.291 e. The summed E-state index contributed by atoms with van der Waals surface area (Å²) in [6.07, 6.45) is 4.38. The summed E-state index contributed by atoms with van der Waals surface area (Å²) in [6.45, 7) is 0.803. The van der Waals surface area contributed by atoms with Crippen LogP contribution in [0.2, 0.25) is 0 Å². The van der Waals surface area contributed by atoms with Gasteiger partial charge in [0.25, 0.3) is 5.91 Å². The number of H-pyrrole nitrogens is 1. The topological polar surface area (TPSA) is 61.9 Å². The lowest BCUT2D eigenvalue weighted by Gasteiger charge is -2.23. The van der Waals surface area contributed by atoms with Crippen molar-refractivity contribution in [2.45, 2.75) is 25.3 Å². The number of aromatic amines is 1. The summed E-state index contributed by atoms with van der Waals surface area (Å²) >= 11 is 0. The largest absolute Gasteiger partial charge is 0.333 e. The number of nitrogens with zero attached hydrogens (tertiary/aromatic N) is 3. The highest BCUT2D eigenvalue weighted by Gasteiger charge is 2.30. The van der Waals surface area contributed by atoms with Gasteiger partial charge in [-0.15, -0.1) is 0 Å². The number of nitrogens with one attached hydrogen (secondary N) is 1. The van der Waals surface area contributed by atoms with Crippen LogP contribution in [0.3, 0.4) is 0 Å². The highest BCUT2D eigenvalue weighted by molar-refractivity contribution is 5.90. The van der Waals surface area contributed by atoms with E-state index in [0.29, 0.717) is 5.82 Å². The van der Waals surface area contributed by atoms with Crippen LogP contribution in [0, 0.1) is 0 Å². The zero-order valence-electron chi connectivity index (χ0n) is 10.6. The Bertz CT molecular complexity index is 538. The lowest BCUT2D eigenvalue weighted by atomic mass is 10.0. The predicted molar refractivity (Wildman–Crippen MR) is 70.6 cm³/mol. The van der Waals surface area contributed by atoms with E-state index in [1.54, 1.807) is 0 Å². The van der Waals surface area contributed by atoms with Gasteiger partial charge in [0.2, 0.25) is 5.82 Å². The molecule has 1 amide bonds. The number of hydrogen-bond donors (Lipinski definition) is 1. The Hall–Kier alpha value is -2.17. The first-order valence-corrected chi connectivity index (χ1v) is 6.55. The Balaban J connectivity index is 1.73. The van der Waals surface area contributed by atoms with E-state index in [9.17, 15) is 4.79 Å². The SMILES string of the molecule is O=C(c1ncn[nH]1)N1CCCC1Cc1ccccc1. The van der Waals surface area contributed by atoms with Gasteiger partial charge in [0.15, 0.2) is 0 Å². The lowest BCUT2D eigenvalue weighted by molar-refractivity contribution is 0.0724. The molecule has 0 spiro atoms. The maximum absolute atomic E-state index is 12.3. The molecule has 5 heteroatoms. The van der Waals surface area contributed by atoms with E-state index in [2.05, 4.69) is 27.3 Å². The van der Waals surface area contributed by atoms with E-state index in [0.717, 1.165) is 25.8 Å². The van der Waals surface area contributed by atoms with E-state index >= 15 is 0 Å². The van der Waals surface area contributed by atoms with Gasteiger partial charge in [0.05, 0.1) is 0 Å². The van der Waals surface area contributed by atoms with Gasteiger partial charge >= 0.3 is 0 Å². The molecule has 1 N–H and O–H groups in total. The summed E-state index contributed by atoms with van der Waals surface area (Å²) in [4.78, 5) is 18.2. The van der Waals surface area contributed by atoms with Gasteiger partial charge in [-0.05, 0) is 24.8 Å². The fourth-order valence-corrected chi connectivity index (χ4v) is 2.65. The van der Waals surface area contributed by atoms with E-state index in [1.165, 1.54) is 11.9 Å². The van der Waals surface area contributed by atoms with Crippen LogP contribution >= 0.6 is 0 Å². The van der Waals surface area contributed by atoms with Crippen LogP contribution in [0.15, 0.2) is 36.7 Å². The van der Waals surface area contributed by atoms with Crippen molar-refractivity contribution in [1.82, 2.24) is 20.1 Å². The third-order valence-corrected chi connectivity index (χ3v) is 3.57. The molecule has 2 heterocycles. The Kier molecular flexibility index (Phi) is 3.27. The minimum absolute atomic E-state index is 0.0454. The number of carbonyl (C=O) groups excluding carboxylic acids is 1. The maximum atomic E-state index is 12.3. The van der Waals surface area contributed by atoms with Crippen LogP contribution in [0.5, 0.6) is 0 Å². The second-order valence-electron chi connectivity index (χ2n) is 4.82. The molecule has 98 valence electrons. The van der Waals surface area contributed by atoms with Crippen molar-refractivity contribution in [2.24, 2.45) is 0 Å². The first-order chi connectivity index (χ1) is 9.34. The van der Waals surface area contributed by atoms with Gasteiger partial charge in [-0.2, -0.15) is 5.10 Å². The highest BCUT2D eigenvalue weighted by atomic mass is 16.2. The number of aromatic nitrogens is 3. The van der Waals surface area contributed by atoms with E-state index in [1.807, 2.05) is 23.1 Å². The molecule has 0 radical (unpaired) electrons. The molecule has 1 unspecified atom stereocenters. The fraction of sp³-hybridized carbons (Fsp3) is 0.357. The first-order valence-electron chi connectivity index (χ1n) is 6.55. The maximum Gasteiger partial charge on any atom is 0.291 e. The first kappa shape index (κ1) is 11.9. The molecule has 1 aliphatic heterocycles. The second kappa shape index (κ2) is 5.22. The van der Waals surface area contributed by atoms with E-state index < -0.39 is 0 Å². The molecule has 0 aliphatic carbocycles. The summed E-state index contributed by atoms with van der Waals surface area (Å²) < 4.78 is 0. The summed E-state index contributed by atoms with van der Waals surface area (Å²) in [5.74, 6) is 0.288. The molecule has 0 saturated carbocycles. The van der Waals surface area contributed by atoms with Crippen molar-refractivity contribution in [2.75, 3.05) is 6.54 Å². The van der Waals surface area contributed by atoms with Crippen LogP contribution in [0.1, 0.15) is 29.0 Å². The second-order valence-corrected chi connectivity index (χ2v) is 4.82. The van der Waals surface area contributed by atoms with Crippen molar-refractivity contribution >= 4 is 5.91 Å². The van der Waals surface area contributed by atoms with Gasteiger partial charge in [0.1, 0.15) is 6.33 Å². The number of amides is 1. The Morgan fingerprint density at radius 2 is 2.21 bits per heavy atom. The lowest BCUT2D eigenvalue weighted by Crippen LogP contribution is -2.37. The van der Waals surface area contributed by atoms with Crippen molar-refractivity contribution in [1.29, 1.82) is 0 Å². The van der Waals surface area contributed by atoms with Crippen LogP contribution in [0.4, 0.5) is 0 Å². The quantitative estimate of drug-likeness (QED) is 0.908. The molecule has 2 aromatic rings.